The zero-order valence-electron chi connectivity index (χ0n) is 18.0. The SMILES string of the molecule is O=C(NCCc1ccccc1)c1nnc2cc(-c3ccc(Cl)cc3)c(-c3ccccc3Cl)nn12. The molecule has 168 valence electrons. The van der Waals surface area contributed by atoms with Gasteiger partial charge in [0.15, 0.2) is 5.65 Å². The van der Waals surface area contributed by atoms with Crippen molar-refractivity contribution in [1.29, 1.82) is 0 Å². The summed E-state index contributed by atoms with van der Waals surface area (Å²) in [5, 5.41) is 17.2. The Bertz CT molecular complexity index is 1470. The minimum absolute atomic E-state index is 0.110. The van der Waals surface area contributed by atoms with Gasteiger partial charge in [-0.15, -0.1) is 10.2 Å². The molecular weight excluding hydrogens is 469 g/mol. The van der Waals surface area contributed by atoms with Crippen molar-refractivity contribution < 1.29 is 4.79 Å². The topological polar surface area (TPSA) is 72.2 Å². The molecule has 1 amide bonds. The Labute approximate surface area is 206 Å². The zero-order valence-corrected chi connectivity index (χ0v) is 19.5. The molecule has 6 nitrogen and oxygen atoms in total. The molecule has 1 N–H and O–H groups in total. The van der Waals surface area contributed by atoms with Crippen LogP contribution in [0.5, 0.6) is 0 Å². The number of benzene rings is 3. The van der Waals surface area contributed by atoms with Crippen LogP contribution in [0.1, 0.15) is 16.2 Å². The Morgan fingerprint density at radius 3 is 2.35 bits per heavy atom. The highest BCUT2D eigenvalue weighted by Gasteiger charge is 2.20. The summed E-state index contributed by atoms with van der Waals surface area (Å²) in [4.78, 5) is 12.9. The summed E-state index contributed by atoms with van der Waals surface area (Å²) in [6.07, 6.45) is 0.711. The smallest absolute Gasteiger partial charge is 0.291 e. The molecule has 0 saturated heterocycles. The molecule has 0 spiro atoms. The molecular formula is C26H19Cl2N5O. The summed E-state index contributed by atoms with van der Waals surface area (Å²) in [5.41, 5.74) is 4.64. The quantitative estimate of drug-likeness (QED) is 0.331. The first kappa shape index (κ1) is 22.1. The zero-order chi connectivity index (χ0) is 23.5. The molecule has 3 aromatic carbocycles. The number of fused-ring (bicyclic) bond motifs is 1. The lowest BCUT2D eigenvalue weighted by Crippen LogP contribution is -2.28. The predicted molar refractivity (Wildman–Crippen MR) is 134 cm³/mol. The van der Waals surface area contributed by atoms with E-state index in [1.165, 1.54) is 4.52 Å². The van der Waals surface area contributed by atoms with Crippen molar-refractivity contribution in [3.8, 4) is 22.4 Å². The molecule has 0 radical (unpaired) electrons. The number of hydrogen-bond acceptors (Lipinski definition) is 4. The maximum atomic E-state index is 12.9. The van der Waals surface area contributed by atoms with Gasteiger partial charge in [0.25, 0.3) is 5.91 Å². The van der Waals surface area contributed by atoms with Crippen molar-refractivity contribution >= 4 is 34.8 Å². The highest BCUT2D eigenvalue weighted by Crippen LogP contribution is 2.35. The van der Waals surface area contributed by atoms with Crippen LogP contribution in [0.3, 0.4) is 0 Å². The lowest BCUT2D eigenvalue weighted by Gasteiger charge is -2.12. The molecule has 0 bridgehead atoms. The molecule has 0 aliphatic heterocycles. The van der Waals surface area contributed by atoms with E-state index in [4.69, 9.17) is 28.3 Å². The van der Waals surface area contributed by atoms with Gasteiger partial charge in [-0.05, 0) is 41.8 Å². The summed E-state index contributed by atoms with van der Waals surface area (Å²) in [6.45, 7) is 0.470. The summed E-state index contributed by atoms with van der Waals surface area (Å²) in [5.74, 6) is -0.237. The van der Waals surface area contributed by atoms with Crippen molar-refractivity contribution in [2.24, 2.45) is 0 Å². The van der Waals surface area contributed by atoms with Gasteiger partial charge >= 0.3 is 0 Å². The van der Waals surface area contributed by atoms with Crippen LogP contribution in [-0.2, 0) is 6.42 Å². The Morgan fingerprint density at radius 1 is 0.853 bits per heavy atom. The molecule has 0 unspecified atom stereocenters. The van der Waals surface area contributed by atoms with Gasteiger partial charge in [0.05, 0.1) is 5.02 Å². The van der Waals surface area contributed by atoms with Crippen LogP contribution in [0, 0.1) is 0 Å². The molecule has 0 saturated carbocycles. The van der Waals surface area contributed by atoms with Gasteiger partial charge in [0, 0.05) is 22.7 Å². The van der Waals surface area contributed by atoms with Crippen LogP contribution in [0.25, 0.3) is 28.0 Å². The summed E-state index contributed by atoms with van der Waals surface area (Å²) in [6, 6.07) is 26.7. The van der Waals surface area contributed by atoms with E-state index in [1.807, 2.05) is 78.9 Å². The lowest BCUT2D eigenvalue weighted by molar-refractivity contribution is 0.0941. The van der Waals surface area contributed by atoms with E-state index in [1.54, 1.807) is 6.07 Å². The normalized spacial score (nSPS) is 11.0. The van der Waals surface area contributed by atoms with Crippen molar-refractivity contribution in [2.45, 2.75) is 6.42 Å². The Morgan fingerprint density at radius 2 is 1.59 bits per heavy atom. The standard InChI is InChI=1S/C26H19Cl2N5O/c27-19-12-10-18(11-13-19)21-16-23-30-31-25(26(34)29-15-14-17-6-2-1-3-7-17)33(23)32-24(21)20-8-4-5-9-22(20)28/h1-13,16H,14-15H2,(H,29,34). The summed E-state index contributed by atoms with van der Waals surface area (Å²) >= 11 is 12.6. The number of amides is 1. The second-order valence-corrected chi connectivity index (χ2v) is 8.52. The Balaban J connectivity index is 1.53. The lowest BCUT2D eigenvalue weighted by atomic mass is 10.00. The van der Waals surface area contributed by atoms with E-state index in [9.17, 15) is 4.79 Å². The van der Waals surface area contributed by atoms with Crippen LogP contribution in [-0.4, -0.2) is 32.3 Å². The number of carbonyl (C=O) groups is 1. The molecule has 2 aromatic heterocycles. The number of rotatable bonds is 6. The fourth-order valence-corrected chi connectivity index (χ4v) is 4.07. The fourth-order valence-electron chi connectivity index (χ4n) is 3.72. The maximum Gasteiger partial charge on any atom is 0.291 e. The number of hydrogen-bond donors (Lipinski definition) is 1. The van der Waals surface area contributed by atoms with Crippen LogP contribution in [0.4, 0.5) is 0 Å². The molecule has 0 aliphatic rings. The summed E-state index contributed by atoms with van der Waals surface area (Å²) in [7, 11) is 0. The van der Waals surface area contributed by atoms with Gasteiger partial charge in [0.2, 0.25) is 5.82 Å². The Kier molecular flexibility index (Phi) is 6.25. The third-order valence-electron chi connectivity index (χ3n) is 5.42. The minimum Gasteiger partial charge on any atom is -0.349 e. The molecule has 5 aromatic rings. The van der Waals surface area contributed by atoms with Crippen LogP contribution < -0.4 is 5.32 Å². The average molecular weight is 488 g/mol. The number of nitrogens with zero attached hydrogens (tertiary/aromatic N) is 4. The monoisotopic (exact) mass is 487 g/mol. The molecule has 34 heavy (non-hydrogen) atoms. The van der Waals surface area contributed by atoms with E-state index < -0.39 is 0 Å². The predicted octanol–water partition coefficient (Wildman–Crippen LogP) is 5.74. The number of aromatic nitrogens is 4. The van der Waals surface area contributed by atoms with E-state index in [-0.39, 0.29) is 11.7 Å². The van der Waals surface area contributed by atoms with Gasteiger partial charge < -0.3 is 5.32 Å². The van der Waals surface area contributed by atoms with E-state index in [0.29, 0.717) is 34.4 Å². The van der Waals surface area contributed by atoms with Crippen LogP contribution >= 0.6 is 23.2 Å². The number of nitrogens with one attached hydrogen (secondary N) is 1. The minimum atomic E-state index is -0.347. The van der Waals surface area contributed by atoms with Gasteiger partial charge in [-0.2, -0.15) is 9.61 Å². The molecule has 2 heterocycles. The largest absolute Gasteiger partial charge is 0.349 e. The van der Waals surface area contributed by atoms with Crippen molar-refractivity contribution in [2.75, 3.05) is 6.54 Å². The number of carbonyl (C=O) groups excluding carboxylic acids is 1. The Hall–Kier alpha value is -3.74. The van der Waals surface area contributed by atoms with Gasteiger partial charge in [-0.3, -0.25) is 4.79 Å². The highest BCUT2D eigenvalue weighted by molar-refractivity contribution is 6.33. The highest BCUT2D eigenvalue weighted by atomic mass is 35.5. The third-order valence-corrected chi connectivity index (χ3v) is 6.00. The van der Waals surface area contributed by atoms with Gasteiger partial charge in [0.1, 0.15) is 5.69 Å². The molecule has 0 fully saturated rings. The maximum absolute atomic E-state index is 12.9. The first-order valence-electron chi connectivity index (χ1n) is 10.7. The second kappa shape index (κ2) is 9.63. The van der Waals surface area contributed by atoms with Crippen molar-refractivity contribution in [1.82, 2.24) is 25.1 Å². The van der Waals surface area contributed by atoms with Crippen molar-refractivity contribution in [3.63, 3.8) is 0 Å². The van der Waals surface area contributed by atoms with Gasteiger partial charge in [-0.1, -0.05) is 83.9 Å². The van der Waals surface area contributed by atoms with E-state index in [0.717, 1.165) is 22.3 Å². The van der Waals surface area contributed by atoms with E-state index in [2.05, 4.69) is 15.5 Å². The third kappa shape index (κ3) is 4.51. The summed E-state index contributed by atoms with van der Waals surface area (Å²) < 4.78 is 1.45. The average Bonchev–Trinajstić information content (AvgIpc) is 3.28. The van der Waals surface area contributed by atoms with Crippen molar-refractivity contribution in [3.05, 3.63) is 106 Å². The first-order chi connectivity index (χ1) is 16.6. The number of halogens is 2. The van der Waals surface area contributed by atoms with E-state index >= 15 is 0 Å². The van der Waals surface area contributed by atoms with Gasteiger partial charge in [-0.25, -0.2) is 0 Å². The van der Waals surface area contributed by atoms with Crippen LogP contribution in [0.15, 0.2) is 84.9 Å². The molecule has 0 atom stereocenters. The molecule has 0 aliphatic carbocycles. The molecule has 8 heteroatoms. The second-order valence-electron chi connectivity index (χ2n) is 7.68. The molecule has 5 rings (SSSR count). The van der Waals surface area contributed by atoms with Crippen LogP contribution in [0.2, 0.25) is 10.0 Å². The fraction of sp³-hybridized carbons (Fsp3) is 0.0769. The first-order valence-corrected chi connectivity index (χ1v) is 11.4.